The molecule has 3 aromatic carbocycles. The van der Waals surface area contributed by atoms with Gasteiger partial charge in [0.15, 0.2) is 0 Å². The molecule has 0 aliphatic rings. The number of para-hydroxylation sites is 1. The van der Waals surface area contributed by atoms with Crippen molar-refractivity contribution in [2.45, 2.75) is 40.5 Å². The van der Waals surface area contributed by atoms with Crippen LogP contribution in [0, 0.1) is 13.8 Å². The van der Waals surface area contributed by atoms with E-state index in [2.05, 4.69) is 17.6 Å². The van der Waals surface area contributed by atoms with E-state index in [1.807, 2.05) is 99.6 Å². The van der Waals surface area contributed by atoms with Gasteiger partial charge in [0.1, 0.15) is 12.4 Å². The molecule has 38 heavy (non-hydrogen) atoms. The molecule has 3 amide bonds. The first kappa shape index (κ1) is 26.7. The average molecular weight is 510 g/mol. The van der Waals surface area contributed by atoms with Gasteiger partial charge in [0, 0.05) is 17.8 Å². The zero-order valence-electron chi connectivity index (χ0n) is 22.5. The summed E-state index contributed by atoms with van der Waals surface area (Å²) in [6, 6.07) is 25.3. The molecule has 0 unspecified atom stereocenters. The lowest BCUT2D eigenvalue weighted by Gasteiger charge is -2.22. The van der Waals surface area contributed by atoms with Crippen molar-refractivity contribution in [3.8, 4) is 16.8 Å². The predicted octanol–water partition coefficient (Wildman–Crippen LogP) is 6.60. The van der Waals surface area contributed by atoms with E-state index in [1.165, 1.54) is 4.90 Å². The molecule has 0 bridgehead atoms. The summed E-state index contributed by atoms with van der Waals surface area (Å²) >= 11 is 0. The van der Waals surface area contributed by atoms with Crippen molar-refractivity contribution in [1.29, 1.82) is 0 Å². The molecule has 0 aliphatic heterocycles. The molecule has 0 spiro atoms. The van der Waals surface area contributed by atoms with Crippen molar-refractivity contribution in [1.82, 2.24) is 14.7 Å². The Morgan fingerprint density at radius 3 is 2.34 bits per heavy atom. The van der Waals surface area contributed by atoms with Crippen LogP contribution in [0.25, 0.3) is 16.8 Å². The molecule has 4 rings (SSSR count). The minimum Gasteiger partial charge on any atom is -0.315 e. The third-order valence-corrected chi connectivity index (χ3v) is 6.43. The van der Waals surface area contributed by atoms with E-state index in [0.717, 1.165) is 52.2 Å². The summed E-state index contributed by atoms with van der Waals surface area (Å²) in [4.78, 5) is 28.1. The van der Waals surface area contributed by atoms with Gasteiger partial charge in [-0.2, -0.15) is 5.10 Å². The monoisotopic (exact) mass is 509 g/mol. The fraction of sp³-hybridized carbons (Fsp3) is 0.258. The minimum atomic E-state index is -0.304. The van der Waals surface area contributed by atoms with Crippen molar-refractivity contribution in [2.75, 3.05) is 23.7 Å². The zero-order valence-corrected chi connectivity index (χ0v) is 22.5. The quantitative estimate of drug-likeness (QED) is 0.267. The summed E-state index contributed by atoms with van der Waals surface area (Å²) < 4.78 is 1.78. The number of amides is 3. The summed E-state index contributed by atoms with van der Waals surface area (Å²) in [7, 11) is 0. The maximum Gasteiger partial charge on any atom is 0.322 e. The summed E-state index contributed by atoms with van der Waals surface area (Å²) in [5.41, 5.74) is 6.38. The molecule has 196 valence electrons. The molecule has 7 heteroatoms. The third-order valence-electron chi connectivity index (χ3n) is 6.43. The van der Waals surface area contributed by atoms with Crippen molar-refractivity contribution >= 4 is 23.4 Å². The van der Waals surface area contributed by atoms with Crippen LogP contribution in [0.1, 0.15) is 37.1 Å². The van der Waals surface area contributed by atoms with E-state index in [-0.39, 0.29) is 18.5 Å². The molecular formula is C31H35N5O2. The van der Waals surface area contributed by atoms with Gasteiger partial charge in [-0.05, 0) is 61.6 Å². The van der Waals surface area contributed by atoms with Crippen molar-refractivity contribution in [3.05, 3.63) is 95.7 Å². The molecule has 7 nitrogen and oxygen atoms in total. The van der Waals surface area contributed by atoms with E-state index >= 15 is 0 Å². The number of carbonyl (C=O) groups is 2. The van der Waals surface area contributed by atoms with Gasteiger partial charge in [0.25, 0.3) is 0 Å². The highest BCUT2D eigenvalue weighted by Crippen LogP contribution is 2.34. The van der Waals surface area contributed by atoms with Gasteiger partial charge in [-0.1, -0.05) is 74.5 Å². The number of aryl methyl sites for hydroxylation is 3. The molecule has 2 N–H and O–H groups in total. The number of hydrogen-bond acceptors (Lipinski definition) is 3. The maximum absolute atomic E-state index is 13.4. The molecular weight excluding hydrogens is 474 g/mol. The van der Waals surface area contributed by atoms with Crippen LogP contribution < -0.4 is 10.6 Å². The van der Waals surface area contributed by atoms with Crippen molar-refractivity contribution in [3.63, 3.8) is 0 Å². The van der Waals surface area contributed by atoms with Crippen LogP contribution in [0.3, 0.4) is 0 Å². The zero-order chi connectivity index (χ0) is 27.1. The van der Waals surface area contributed by atoms with E-state index in [9.17, 15) is 9.59 Å². The first-order valence-electron chi connectivity index (χ1n) is 13.1. The van der Waals surface area contributed by atoms with Gasteiger partial charge in [-0.15, -0.1) is 0 Å². The Labute approximate surface area is 224 Å². The number of rotatable bonds is 9. The fourth-order valence-electron chi connectivity index (χ4n) is 4.51. The normalized spacial score (nSPS) is 10.7. The van der Waals surface area contributed by atoms with E-state index in [1.54, 1.807) is 4.68 Å². The Balaban J connectivity index is 1.62. The average Bonchev–Trinajstić information content (AvgIpc) is 3.24. The van der Waals surface area contributed by atoms with E-state index in [4.69, 9.17) is 5.10 Å². The maximum atomic E-state index is 13.4. The number of carbonyl (C=O) groups excluding carboxylic acids is 2. The molecule has 0 radical (unpaired) electrons. The Bertz CT molecular complexity index is 1410. The molecule has 0 aliphatic carbocycles. The van der Waals surface area contributed by atoms with Crippen LogP contribution in [0.15, 0.2) is 78.9 Å². The molecule has 1 heterocycles. The van der Waals surface area contributed by atoms with Crippen LogP contribution in [0.2, 0.25) is 0 Å². The number of anilines is 2. The first-order valence-corrected chi connectivity index (χ1v) is 13.1. The van der Waals surface area contributed by atoms with Gasteiger partial charge < -0.3 is 15.5 Å². The van der Waals surface area contributed by atoms with Gasteiger partial charge in [0.2, 0.25) is 5.91 Å². The molecule has 0 saturated heterocycles. The van der Waals surface area contributed by atoms with E-state index < -0.39 is 0 Å². The van der Waals surface area contributed by atoms with Gasteiger partial charge in [-0.3, -0.25) is 4.79 Å². The number of aromatic nitrogens is 2. The molecule has 0 atom stereocenters. The summed E-state index contributed by atoms with van der Waals surface area (Å²) in [5.74, 6) is 0.295. The Morgan fingerprint density at radius 2 is 1.63 bits per heavy atom. The highest BCUT2D eigenvalue weighted by atomic mass is 16.2. The van der Waals surface area contributed by atoms with Crippen LogP contribution in [0.5, 0.6) is 0 Å². The highest BCUT2D eigenvalue weighted by molar-refractivity contribution is 5.99. The second-order valence-corrected chi connectivity index (χ2v) is 9.33. The number of urea groups is 1. The van der Waals surface area contributed by atoms with Crippen LogP contribution in [-0.4, -0.2) is 39.7 Å². The van der Waals surface area contributed by atoms with Gasteiger partial charge in [-0.25, -0.2) is 9.48 Å². The van der Waals surface area contributed by atoms with Gasteiger partial charge in [0.05, 0.1) is 11.4 Å². The third kappa shape index (κ3) is 6.11. The van der Waals surface area contributed by atoms with Crippen LogP contribution >= 0.6 is 0 Å². The second kappa shape index (κ2) is 12.2. The number of hydrogen-bond donors (Lipinski definition) is 2. The first-order chi connectivity index (χ1) is 18.4. The summed E-state index contributed by atoms with van der Waals surface area (Å²) in [6.45, 7) is 8.38. The predicted molar refractivity (Wildman–Crippen MR) is 154 cm³/mol. The Kier molecular flexibility index (Phi) is 8.58. The van der Waals surface area contributed by atoms with Crippen LogP contribution in [0.4, 0.5) is 16.3 Å². The lowest BCUT2D eigenvalue weighted by Crippen LogP contribution is -2.41. The molecule has 4 aromatic rings. The number of nitrogens with zero attached hydrogens (tertiary/aromatic N) is 3. The molecule has 0 fully saturated rings. The standard InChI is InChI=1S/C31H35N5O2/c1-5-19-35(31(38)32-26-17-12-14-24(6-2)20-26)21-28(37)33-30-29(25-15-8-7-9-16-25)23(4)34-36(30)27-18-11-10-13-22(27)3/h7-18,20H,5-6,19,21H2,1-4H3,(H,32,38)(H,33,37). The lowest BCUT2D eigenvalue weighted by atomic mass is 10.1. The highest BCUT2D eigenvalue weighted by Gasteiger charge is 2.23. The van der Waals surface area contributed by atoms with Crippen molar-refractivity contribution < 1.29 is 9.59 Å². The van der Waals surface area contributed by atoms with E-state index in [0.29, 0.717) is 12.4 Å². The molecule has 1 aromatic heterocycles. The van der Waals surface area contributed by atoms with Gasteiger partial charge >= 0.3 is 6.03 Å². The second-order valence-electron chi connectivity index (χ2n) is 9.33. The smallest absolute Gasteiger partial charge is 0.315 e. The number of nitrogens with one attached hydrogen (secondary N) is 2. The Hall–Kier alpha value is -4.39. The van der Waals surface area contributed by atoms with Crippen molar-refractivity contribution in [2.24, 2.45) is 0 Å². The van der Waals surface area contributed by atoms with Crippen LogP contribution in [-0.2, 0) is 11.2 Å². The topological polar surface area (TPSA) is 79.3 Å². The lowest BCUT2D eigenvalue weighted by molar-refractivity contribution is -0.116. The Morgan fingerprint density at radius 1 is 0.895 bits per heavy atom. The fourth-order valence-corrected chi connectivity index (χ4v) is 4.51. The molecule has 0 saturated carbocycles. The minimum absolute atomic E-state index is 0.0840. The summed E-state index contributed by atoms with van der Waals surface area (Å²) in [6.07, 6.45) is 1.60. The summed E-state index contributed by atoms with van der Waals surface area (Å²) in [5, 5.41) is 10.8. The SMILES string of the molecule is CCCN(CC(=O)Nc1c(-c2ccccc2)c(C)nn1-c1ccccc1C)C(=O)Nc1cccc(CC)c1. The number of benzene rings is 3. The largest absolute Gasteiger partial charge is 0.322 e.